The standard InChI is InChI=1S/C21H31BFNO5/c1-19(2,3)27-18(25)24-11-14(12-24)13-26-15-8-9-17(23)16(10-15)22-28-20(4,5)21(6,7)29-22/h8-10,14H,11-13H2,1-7H3. The number of amides is 1. The summed E-state index contributed by atoms with van der Waals surface area (Å²) in [4.78, 5) is 13.6. The normalized spacial score (nSPS) is 21.1. The van der Waals surface area contributed by atoms with E-state index in [1.165, 1.54) is 6.07 Å². The zero-order valence-corrected chi connectivity index (χ0v) is 18.4. The molecule has 1 amide bonds. The van der Waals surface area contributed by atoms with Crippen LogP contribution in [0, 0.1) is 11.7 Å². The van der Waals surface area contributed by atoms with Gasteiger partial charge >= 0.3 is 13.2 Å². The largest absolute Gasteiger partial charge is 0.497 e. The fraction of sp³-hybridized carbons (Fsp3) is 0.667. The Bertz CT molecular complexity index is 755. The number of hydrogen-bond acceptors (Lipinski definition) is 5. The highest BCUT2D eigenvalue weighted by atomic mass is 19.1. The van der Waals surface area contributed by atoms with E-state index in [-0.39, 0.29) is 12.0 Å². The van der Waals surface area contributed by atoms with E-state index in [4.69, 9.17) is 18.8 Å². The van der Waals surface area contributed by atoms with E-state index in [9.17, 15) is 9.18 Å². The first-order chi connectivity index (χ1) is 13.3. The van der Waals surface area contributed by atoms with Gasteiger partial charge in [-0.15, -0.1) is 0 Å². The lowest BCUT2D eigenvalue weighted by Gasteiger charge is -2.39. The molecule has 0 aliphatic carbocycles. The van der Waals surface area contributed by atoms with Crippen LogP contribution in [-0.4, -0.2) is 54.6 Å². The van der Waals surface area contributed by atoms with Crippen molar-refractivity contribution in [3.63, 3.8) is 0 Å². The highest BCUT2D eigenvalue weighted by molar-refractivity contribution is 6.62. The first-order valence-corrected chi connectivity index (χ1v) is 10.0. The fourth-order valence-electron chi connectivity index (χ4n) is 3.13. The molecule has 0 bridgehead atoms. The van der Waals surface area contributed by atoms with Crippen LogP contribution in [0.1, 0.15) is 48.5 Å². The molecule has 0 aromatic heterocycles. The summed E-state index contributed by atoms with van der Waals surface area (Å²) in [6.45, 7) is 14.9. The van der Waals surface area contributed by atoms with Gasteiger partial charge in [0, 0.05) is 24.5 Å². The number of benzene rings is 1. The average Bonchev–Trinajstić information content (AvgIpc) is 2.73. The van der Waals surface area contributed by atoms with Crippen molar-refractivity contribution in [2.24, 2.45) is 5.92 Å². The molecule has 0 atom stereocenters. The summed E-state index contributed by atoms with van der Waals surface area (Å²) in [6, 6.07) is 4.58. The van der Waals surface area contributed by atoms with Crippen LogP contribution in [0.15, 0.2) is 18.2 Å². The van der Waals surface area contributed by atoms with Crippen molar-refractivity contribution in [2.75, 3.05) is 19.7 Å². The van der Waals surface area contributed by atoms with Gasteiger partial charge < -0.3 is 23.7 Å². The number of carbonyl (C=O) groups excluding carboxylic acids is 1. The van der Waals surface area contributed by atoms with E-state index in [2.05, 4.69) is 0 Å². The van der Waals surface area contributed by atoms with Gasteiger partial charge in [0.05, 0.1) is 17.8 Å². The minimum absolute atomic E-state index is 0.216. The lowest BCUT2D eigenvalue weighted by molar-refractivity contribution is -0.00782. The van der Waals surface area contributed by atoms with Crippen LogP contribution < -0.4 is 10.2 Å². The van der Waals surface area contributed by atoms with Crippen LogP contribution in [0.3, 0.4) is 0 Å². The van der Waals surface area contributed by atoms with Crippen LogP contribution in [0.5, 0.6) is 5.75 Å². The number of hydrogen-bond donors (Lipinski definition) is 0. The zero-order chi connectivity index (χ0) is 21.6. The number of nitrogens with zero attached hydrogens (tertiary/aromatic N) is 1. The maximum Gasteiger partial charge on any atom is 0.497 e. The van der Waals surface area contributed by atoms with Crippen molar-refractivity contribution in [1.82, 2.24) is 4.90 Å². The summed E-state index contributed by atoms with van der Waals surface area (Å²) in [7, 11) is -0.782. The molecule has 0 N–H and O–H groups in total. The Kier molecular flexibility index (Phi) is 5.64. The third-order valence-corrected chi connectivity index (χ3v) is 5.57. The SMILES string of the molecule is CC(C)(C)OC(=O)N1CC(COc2ccc(F)c(B3OC(C)(C)C(C)(C)O3)c2)C1. The van der Waals surface area contributed by atoms with E-state index in [0.29, 0.717) is 30.9 Å². The molecule has 0 unspecified atom stereocenters. The van der Waals surface area contributed by atoms with Crippen molar-refractivity contribution in [2.45, 2.75) is 65.3 Å². The number of halogens is 1. The van der Waals surface area contributed by atoms with Gasteiger partial charge in [0.1, 0.15) is 17.2 Å². The summed E-state index contributed by atoms with van der Waals surface area (Å²) < 4.78 is 37.5. The maximum absolute atomic E-state index is 14.4. The van der Waals surface area contributed by atoms with Crippen LogP contribution >= 0.6 is 0 Å². The van der Waals surface area contributed by atoms with Gasteiger partial charge in [0.25, 0.3) is 0 Å². The lowest BCUT2D eigenvalue weighted by atomic mass is 9.78. The minimum atomic E-state index is -0.782. The lowest BCUT2D eigenvalue weighted by Crippen LogP contribution is -2.53. The molecule has 2 saturated heterocycles. The van der Waals surface area contributed by atoms with Gasteiger partial charge in [-0.05, 0) is 66.7 Å². The van der Waals surface area contributed by atoms with E-state index < -0.39 is 29.7 Å². The van der Waals surface area contributed by atoms with Gasteiger partial charge in [-0.1, -0.05) is 0 Å². The molecule has 0 saturated carbocycles. The molecule has 3 rings (SSSR count). The number of rotatable bonds is 4. The summed E-state index contributed by atoms with van der Waals surface area (Å²) in [6.07, 6.45) is -0.307. The molecule has 2 fully saturated rings. The second-order valence-electron chi connectivity index (χ2n) is 9.83. The molecule has 2 aliphatic heterocycles. The molecule has 0 radical (unpaired) electrons. The van der Waals surface area contributed by atoms with Crippen LogP contribution in [0.2, 0.25) is 0 Å². The summed E-state index contributed by atoms with van der Waals surface area (Å²) in [5, 5.41) is 0. The van der Waals surface area contributed by atoms with Crippen LogP contribution in [0.4, 0.5) is 9.18 Å². The predicted octanol–water partition coefficient (Wildman–Crippen LogP) is 3.37. The smallest absolute Gasteiger partial charge is 0.493 e. The number of ether oxygens (including phenoxy) is 2. The Morgan fingerprint density at radius 3 is 2.34 bits per heavy atom. The average molecular weight is 407 g/mol. The van der Waals surface area contributed by atoms with Crippen molar-refractivity contribution in [3.8, 4) is 5.75 Å². The molecular formula is C21H31BFNO5. The minimum Gasteiger partial charge on any atom is -0.493 e. The Labute approximate surface area is 172 Å². The molecule has 2 aliphatic rings. The summed E-state index contributed by atoms with van der Waals surface area (Å²) in [5.74, 6) is 0.371. The van der Waals surface area contributed by atoms with Crippen LogP contribution in [0.25, 0.3) is 0 Å². The van der Waals surface area contributed by atoms with E-state index in [1.54, 1.807) is 17.0 Å². The summed E-state index contributed by atoms with van der Waals surface area (Å²) >= 11 is 0. The molecule has 29 heavy (non-hydrogen) atoms. The topological polar surface area (TPSA) is 57.2 Å². The van der Waals surface area contributed by atoms with Crippen molar-refractivity contribution in [3.05, 3.63) is 24.0 Å². The molecule has 2 heterocycles. The first kappa shape index (κ1) is 21.9. The Hall–Kier alpha value is -1.80. The van der Waals surface area contributed by atoms with Gasteiger partial charge in [0.2, 0.25) is 0 Å². The van der Waals surface area contributed by atoms with Gasteiger partial charge in [-0.3, -0.25) is 0 Å². The second-order valence-corrected chi connectivity index (χ2v) is 9.83. The van der Waals surface area contributed by atoms with Crippen LogP contribution in [-0.2, 0) is 14.0 Å². The number of likely N-dealkylation sites (tertiary alicyclic amines) is 1. The Morgan fingerprint density at radius 2 is 1.79 bits per heavy atom. The third kappa shape index (κ3) is 4.86. The maximum atomic E-state index is 14.4. The van der Waals surface area contributed by atoms with Gasteiger partial charge in [-0.2, -0.15) is 0 Å². The zero-order valence-electron chi connectivity index (χ0n) is 18.4. The predicted molar refractivity (Wildman–Crippen MR) is 109 cm³/mol. The van der Waals surface area contributed by atoms with Crippen molar-refractivity contribution >= 4 is 18.7 Å². The molecule has 160 valence electrons. The quantitative estimate of drug-likeness (QED) is 0.717. The first-order valence-electron chi connectivity index (χ1n) is 10.0. The molecule has 1 aromatic carbocycles. The number of carbonyl (C=O) groups is 1. The highest BCUT2D eigenvalue weighted by Crippen LogP contribution is 2.37. The molecule has 6 nitrogen and oxygen atoms in total. The molecule has 8 heteroatoms. The van der Waals surface area contributed by atoms with E-state index in [1.807, 2.05) is 48.5 Å². The van der Waals surface area contributed by atoms with Gasteiger partial charge in [-0.25, -0.2) is 9.18 Å². The second kappa shape index (κ2) is 7.47. The fourth-order valence-corrected chi connectivity index (χ4v) is 3.13. The highest BCUT2D eigenvalue weighted by Gasteiger charge is 2.52. The summed E-state index contributed by atoms with van der Waals surface area (Å²) in [5.41, 5.74) is -1.27. The van der Waals surface area contributed by atoms with Crippen molar-refractivity contribution in [1.29, 1.82) is 0 Å². The Morgan fingerprint density at radius 1 is 1.21 bits per heavy atom. The van der Waals surface area contributed by atoms with Crippen molar-refractivity contribution < 1.29 is 28.0 Å². The third-order valence-electron chi connectivity index (χ3n) is 5.57. The van der Waals surface area contributed by atoms with E-state index in [0.717, 1.165) is 0 Å². The van der Waals surface area contributed by atoms with Gasteiger partial charge in [0.15, 0.2) is 0 Å². The molecular weight excluding hydrogens is 376 g/mol. The Balaban J connectivity index is 1.55. The molecule has 1 aromatic rings. The van der Waals surface area contributed by atoms with E-state index >= 15 is 0 Å². The monoisotopic (exact) mass is 407 g/mol. The molecule has 0 spiro atoms.